The summed E-state index contributed by atoms with van der Waals surface area (Å²) in [5.41, 5.74) is -0.254. The maximum absolute atomic E-state index is 13.6. The minimum atomic E-state index is -4.02. The van der Waals surface area contributed by atoms with Crippen LogP contribution in [0.25, 0.3) is 0 Å². The van der Waals surface area contributed by atoms with Gasteiger partial charge in [-0.1, -0.05) is 37.0 Å². The van der Waals surface area contributed by atoms with Gasteiger partial charge in [0, 0.05) is 18.3 Å². The molecule has 182 valence electrons. The van der Waals surface area contributed by atoms with E-state index >= 15 is 0 Å². The van der Waals surface area contributed by atoms with Crippen molar-refractivity contribution < 1.29 is 22.4 Å². The number of carbonyl (C=O) groups is 2. The summed E-state index contributed by atoms with van der Waals surface area (Å²) >= 11 is 0. The number of sulfonamides is 1. The molecule has 0 aromatic heterocycles. The number of hydrogen-bond donors (Lipinski definition) is 1. The summed E-state index contributed by atoms with van der Waals surface area (Å²) in [6.07, 6.45) is 4.83. The Morgan fingerprint density at radius 3 is 2.26 bits per heavy atom. The van der Waals surface area contributed by atoms with Crippen LogP contribution >= 0.6 is 0 Å². The Hall–Kier alpha value is -2.78. The molecule has 0 radical (unpaired) electrons. The number of carbonyl (C=O) groups excluding carboxylic acids is 2. The second-order valence-corrected chi connectivity index (χ2v) is 11.3. The Morgan fingerprint density at radius 1 is 1.03 bits per heavy atom. The normalized spacial score (nSPS) is 22.6. The third-order valence-electron chi connectivity index (χ3n) is 6.71. The molecule has 1 atom stereocenters. The number of nitrogens with zero attached hydrogens (tertiary/aromatic N) is 2. The van der Waals surface area contributed by atoms with E-state index in [0.29, 0.717) is 5.69 Å². The highest BCUT2D eigenvalue weighted by atomic mass is 32.2. The molecule has 2 amide bonds. The molecule has 0 spiro atoms. The Labute approximate surface area is 200 Å². The Kier molecular flexibility index (Phi) is 6.78. The summed E-state index contributed by atoms with van der Waals surface area (Å²) in [7, 11) is -4.02. The maximum atomic E-state index is 13.6. The van der Waals surface area contributed by atoms with E-state index in [-0.39, 0.29) is 17.5 Å². The lowest BCUT2D eigenvalue weighted by molar-refractivity contribution is -0.133. The second-order valence-electron chi connectivity index (χ2n) is 9.37. The number of nitrogens with one attached hydrogen (secondary N) is 1. The summed E-state index contributed by atoms with van der Waals surface area (Å²) in [6.45, 7) is 2.79. The maximum Gasteiger partial charge on any atom is 0.247 e. The molecule has 7 nitrogen and oxygen atoms in total. The van der Waals surface area contributed by atoms with Gasteiger partial charge >= 0.3 is 0 Å². The number of anilines is 1. The Morgan fingerprint density at radius 2 is 1.65 bits per heavy atom. The first-order chi connectivity index (χ1) is 16.1. The fourth-order valence-electron chi connectivity index (χ4n) is 4.78. The largest absolute Gasteiger partial charge is 0.351 e. The van der Waals surface area contributed by atoms with E-state index in [1.54, 1.807) is 19.1 Å². The molecule has 2 fully saturated rings. The fourth-order valence-corrected chi connectivity index (χ4v) is 6.26. The lowest BCUT2D eigenvalue weighted by Crippen LogP contribution is -2.70. The minimum Gasteiger partial charge on any atom is -0.351 e. The summed E-state index contributed by atoms with van der Waals surface area (Å²) in [4.78, 5) is 28.4. The SMILES string of the molecule is Cc1ccc(S(=O)(=O)N2CC(=O)N(c3ccc(F)cc3)[C@](C)(C(=O)NC3CCCCC3)C2)cc1. The zero-order valence-corrected chi connectivity index (χ0v) is 20.3. The van der Waals surface area contributed by atoms with E-state index in [1.807, 2.05) is 6.92 Å². The molecule has 1 heterocycles. The summed E-state index contributed by atoms with van der Waals surface area (Å²) in [5, 5.41) is 3.05. The number of hydrogen-bond acceptors (Lipinski definition) is 4. The number of rotatable bonds is 5. The smallest absolute Gasteiger partial charge is 0.247 e. The molecule has 1 aliphatic heterocycles. The van der Waals surface area contributed by atoms with Crippen molar-refractivity contribution in [1.82, 2.24) is 9.62 Å². The zero-order chi connectivity index (χ0) is 24.5. The van der Waals surface area contributed by atoms with Crippen molar-refractivity contribution in [2.75, 3.05) is 18.0 Å². The first-order valence-electron chi connectivity index (χ1n) is 11.6. The molecule has 1 saturated heterocycles. The van der Waals surface area contributed by atoms with Crippen LogP contribution in [0.15, 0.2) is 53.4 Å². The van der Waals surface area contributed by atoms with Crippen molar-refractivity contribution in [2.24, 2.45) is 0 Å². The van der Waals surface area contributed by atoms with Crippen molar-refractivity contribution in [1.29, 1.82) is 0 Å². The van der Waals surface area contributed by atoms with Crippen LogP contribution in [0.5, 0.6) is 0 Å². The Balaban J connectivity index is 1.71. The standard InChI is InChI=1S/C25H30FN3O4S/c1-18-8-14-22(15-9-18)34(32,33)28-16-23(30)29(21-12-10-19(26)11-13-21)25(2,17-28)24(31)27-20-6-4-3-5-7-20/h8-15,20H,3-7,16-17H2,1-2H3,(H,27,31)/t25-/m0/s1. The van der Waals surface area contributed by atoms with E-state index in [2.05, 4.69) is 5.32 Å². The number of amides is 2. The molecule has 0 unspecified atom stereocenters. The van der Waals surface area contributed by atoms with E-state index in [9.17, 15) is 22.4 Å². The average molecular weight is 488 g/mol. The summed E-state index contributed by atoms with van der Waals surface area (Å²) in [5.74, 6) is -1.43. The number of aryl methyl sites for hydroxylation is 1. The van der Waals surface area contributed by atoms with E-state index in [4.69, 9.17) is 0 Å². The minimum absolute atomic E-state index is 0.0210. The lowest BCUT2D eigenvalue weighted by atomic mass is 9.91. The molecular formula is C25H30FN3O4S. The van der Waals surface area contributed by atoms with Gasteiger partial charge in [0.25, 0.3) is 0 Å². The van der Waals surface area contributed by atoms with Gasteiger partial charge in [-0.25, -0.2) is 12.8 Å². The number of piperazine rings is 1. The molecule has 1 saturated carbocycles. The van der Waals surface area contributed by atoms with Crippen LogP contribution in [0.3, 0.4) is 0 Å². The van der Waals surface area contributed by atoms with Crippen molar-refractivity contribution in [3.05, 3.63) is 59.9 Å². The van der Waals surface area contributed by atoms with Crippen molar-refractivity contribution in [3.63, 3.8) is 0 Å². The van der Waals surface area contributed by atoms with Gasteiger partial charge in [-0.05, 0) is 63.1 Å². The van der Waals surface area contributed by atoms with Crippen LogP contribution in [-0.4, -0.2) is 49.2 Å². The second kappa shape index (κ2) is 9.46. The third-order valence-corrected chi connectivity index (χ3v) is 8.52. The van der Waals surface area contributed by atoms with Crippen LogP contribution in [0, 0.1) is 12.7 Å². The molecule has 1 N–H and O–H groups in total. The predicted octanol–water partition coefficient (Wildman–Crippen LogP) is 3.38. The average Bonchev–Trinajstić information content (AvgIpc) is 2.81. The third kappa shape index (κ3) is 4.72. The summed E-state index contributed by atoms with van der Waals surface area (Å²) < 4.78 is 41.5. The highest BCUT2D eigenvalue weighted by molar-refractivity contribution is 7.89. The molecule has 2 aliphatic rings. The topological polar surface area (TPSA) is 86.8 Å². The highest BCUT2D eigenvalue weighted by Gasteiger charge is 2.51. The van der Waals surface area contributed by atoms with Crippen LogP contribution in [0.1, 0.15) is 44.6 Å². The Bertz CT molecular complexity index is 1160. The van der Waals surface area contributed by atoms with Gasteiger partial charge in [0.2, 0.25) is 21.8 Å². The molecule has 1 aliphatic carbocycles. The molecule has 2 aromatic carbocycles. The molecule has 0 bridgehead atoms. The van der Waals surface area contributed by atoms with E-state index in [0.717, 1.165) is 42.0 Å². The molecule has 4 rings (SSSR count). The molecule has 34 heavy (non-hydrogen) atoms. The van der Waals surface area contributed by atoms with E-state index in [1.165, 1.54) is 41.3 Å². The van der Waals surface area contributed by atoms with Crippen molar-refractivity contribution >= 4 is 27.5 Å². The predicted molar refractivity (Wildman–Crippen MR) is 127 cm³/mol. The number of halogens is 1. The molecule has 2 aromatic rings. The lowest BCUT2D eigenvalue weighted by Gasteiger charge is -2.47. The van der Waals surface area contributed by atoms with Gasteiger partial charge < -0.3 is 5.32 Å². The fraction of sp³-hybridized carbons (Fsp3) is 0.440. The monoisotopic (exact) mass is 487 g/mol. The highest BCUT2D eigenvalue weighted by Crippen LogP contribution is 2.33. The van der Waals surface area contributed by atoms with Crippen LogP contribution in [0.4, 0.5) is 10.1 Å². The first-order valence-corrected chi connectivity index (χ1v) is 13.0. The van der Waals surface area contributed by atoms with Gasteiger partial charge in [0.15, 0.2) is 0 Å². The van der Waals surface area contributed by atoms with Crippen LogP contribution < -0.4 is 10.2 Å². The molecule has 9 heteroatoms. The van der Waals surface area contributed by atoms with Gasteiger partial charge in [-0.15, -0.1) is 0 Å². The van der Waals surface area contributed by atoms with Crippen molar-refractivity contribution in [2.45, 2.75) is 62.4 Å². The van der Waals surface area contributed by atoms with Crippen molar-refractivity contribution in [3.8, 4) is 0 Å². The van der Waals surface area contributed by atoms with E-state index < -0.39 is 39.7 Å². The van der Waals surface area contributed by atoms with Crippen LogP contribution in [0.2, 0.25) is 0 Å². The van der Waals surface area contributed by atoms with Gasteiger partial charge in [-0.2, -0.15) is 4.31 Å². The van der Waals surface area contributed by atoms with Gasteiger partial charge in [0.1, 0.15) is 11.4 Å². The first kappa shape index (κ1) is 24.3. The van der Waals surface area contributed by atoms with Gasteiger partial charge in [0.05, 0.1) is 11.4 Å². The quantitative estimate of drug-likeness (QED) is 0.701. The van der Waals surface area contributed by atoms with Gasteiger partial charge in [-0.3, -0.25) is 14.5 Å². The van der Waals surface area contributed by atoms with Crippen LogP contribution in [-0.2, 0) is 19.6 Å². The zero-order valence-electron chi connectivity index (χ0n) is 19.5. The molecular weight excluding hydrogens is 457 g/mol. The number of benzene rings is 2. The summed E-state index contributed by atoms with van der Waals surface area (Å²) in [6, 6.07) is 11.7.